The van der Waals surface area contributed by atoms with E-state index in [9.17, 15) is 13.2 Å². The van der Waals surface area contributed by atoms with Gasteiger partial charge in [-0.25, -0.2) is 17.9 Å². The Kier molecular flexibility index (Phi) is 6.05. The molecule has 2 heterocycles. The van der Waals surface area contributed by atoms with Crippen LogP contribution in [0, 0.1) is 24.7 Å². The first-order valence-electron chi connectivity index (χ1n) is 10.2. The molecule has 0 bridgehead atoms. The Morgan fingerprint density at radius 2 is 1.91 bits per heavy atom. The van der Waals surface area contributed by atoms with Gasteiger partial charge in [-0.3, -0.25) is 5.10 Å². The molecule has 0 saturated heterocycles. The summed E-state index contributed by atoms with van der Waals surface area (Å²) in [5, 5.41) is 11.6. The number of ether oxygens (including phenoxy) is 1. The molecule has 0 amide bonds. The second kappa shape index (κ2) is 8.94. The summed E-state index contributed by atoms with van der Waals surface area (Å²) in [4.78, 5) is 12.6. The molecule has 9 nitrogen and oxygen atoms in total. The average molecular weight is 464 g/mol. The van der Waals surface area contributed by atoms with Crippen molar-refractivity contribution in [1.29, 1.82) is 0 Å². The van der Waals surface area contributed by atoms with Gasteiger partial charge in [-0.2, -0.15) is 14.5 Å². The number of H-pyrrole nitrogens is 1. The second-order valence-corrected chi connectivity index (χ2v) is 9.18. The highest BCUT2D eigenvalue weighted by molar-refractivity contribution is 7.89. The van der Waals surface area contributed by atoms with E-state index in [1.165, 1.54) is 12.1 Å². The molecule has 10 heteroatoms. The Hall–Kier alpha value is -3.86. The smallest absolute Gasteiger partial charge is 0.359 e. The van der Waals surface area contributed by atoms with Gasteiger partial charge < -0.3 is 4.74 Å². The maximum atomic E-state index is 12.9. The number of aromatic nitrogens is 4. The van der Waals surface area contributed by atoms with Crippen LogP contribution in [0.5, 0.6) is 0 Å². The number of fused-ring (bicyclic) bond motifs is 3. The van der Waals surface area contributed by atoms with Gasteiger partial charge in [0.15, 0.2) is 5.69 Å². The largest absolute Gasteiger partial charge is 0.461 e. The van der Waals surface area contributed by atoms with E-state index in [1.807, 2.05) is 0 Å². The van der Waals surface area contributed by atoms with Crippen molar-refractivity contribution in [2.24, 2.45) is 0 Å². The van der Waals surface area contributed by atoms with Gasteiger partial charge in [0.1, 0.15) is 0 Å². The third kappa shape index (κ3) is 3.91. The van der Waals surface area contributed by atoms with Gasteiger partial charge in [-0.05, 0) is 44.0 Å². The van der Waals surface area contributed by atoms with Crippen molar-refractivity contribution in [3.8, 4) is 41.6 Å². The molecule has 0 saturated carbocycles. The van der Waals surface area contributed by atoms with Crippen LogP contribution in [-0.2, 0) is 27.6 Å². The third-order valence-electron chi connectivity index (χ3n) is 5.31. The Labute approximate surface area is 191 Å². The highest BCUT2D eigenvalue weighted by Gasteiger charge is 2.31. The molecule has 1 aliphatic carbocycles. The molecule has 1 N–H and O–H groups in total. The fraction of sp³-hybridized carbons (Fsp3) is 0.261. The van der Waals surface area contributed by atoms with E-state index in [0.29, 0.717) is 18.5 Å². The summed E-state index contributed by atoms with van der Waals surface area (Å²) in [6.45, 7) is 1.70. The molecular formula is C23H21N5O4S. The zero-order valence-electron chi connectivity index (χ0n) is 17.9. The third-order valence-corrected chi connectivity index (χ3v) is 7.11. The number of sulfonamides is 1. The predicted octanol–water partition coefficient (Wildman–Crippen LogP) is 1.79. The lowest BCUT2D eigenvalue weighted by atomic mass is 9.94. The molecule has 2 aromatic heterocycles. The van der Waals surface area contributed by atoms with E-state index in [2.05, 4.69) is 27.1 Å². The van der Waals surface area contributed by atoms with Crippen molar-refractivity contribution in [2.45, 2.75) is 24.7 Å². The molecule has 0 aliphatic heterocycles. The Bertz CT molecular complexity index is 1370. The summed E-state index contributed by atoms with van der Waals surface area (Å²) >= 11 is 0. The van der Waals surface area contributed by atoms with Crippen LogP contribution >= 0.6 is 0 Å². The first-order chi connectivity index (χ1) is 15.9. The number of aromatic amines is 1. The fourth-order valence-corrected chi connectivity index (χ4v) is 5.08. The first-order valence-corrected chi connectivity index (χ1v) is 11.7. The van der Waals surface area contributed by atoms with Crippen LogP contribution in [0.1, 0.15) is 28.7 Å². The number of hydrogen-bond acceptors (Lipinski definition) is 6. The van der Waals surface area contributed by atoms with Gasteiger partial charge in [0.25, 0.3) is 0 Å². The van der Waals surface area contributed by atoms with E-state index in [4.69, 9.17) is 17.6 Å². The first kappa shape index (κ1) is 22.3. The van der Waals surface area contributed by atoms with E-state index in [1.54, 1.807) is 29.9 Å². The lowest BCUT2D eigenvalue weighted by Gasteiger charge is -2.18. The normalized spacial score (nSPS) is 12.5. The predicted molar refractivity (Wildman–Crippen MR) is 121 cm³/mol. The second-order valence-electron chi connectivity index (χ2n) is 7.25. The van der Waals surface area contributed by atoms with Crippen molar-refractivity contribution in [1.82, 2.24) is 24.3 Å². The summed E-state index contributed by atoms with van der Waals surface area (Å²) in [7, 11) is -3.87. The average Bonchev–Trinajstić information content (AvgIpc) is 3.43. The molecule has 1 aliphatic rings. The monoisotopic (exact) mass is 463 g/mol. The lowest BCUT2D eigenvalue weighted by Crippen LogP contribution is -2.31. The summed E-state index contributed by atoms with van der Waals surface area (Å²) in [5.74, 6) is 4.13. The van der Waals surface area contributed by atoms with Gasteiger partial charge >= 0.3 is 5.97 Å². The van der Waals surface area contributed by atoms with Crippen molar-refractivity contribution < 1.29 is 17.9 Å². The minimum atomic E-state index is -3.87. The van der Waals surface area contributed by atoms with Crippen LogP contribution in [-0.4, -0.2) is 58.4 Å². The van der Waals surface area contributed by atoms with Crippen LogP contribution < -0.4 is 0 Å². The van der Waals surface area contributed by atoms with Crippen LogP contribution in [0.15, 0.2) is 35.4 Å². The van der Waals surface area contributed by atoms with Crippen LogP contribution in [0.2, 0.25) is 0 Å². The standard InChI is InChI=1S/C23H21N5O4S/c1-4-13-27(14-5-2)33(30,31)17-9-7-16(8-10-17)28-22-18(21(26-28)23(29)32-6-3)11-12-20-19(22)15-24-25-20/h1-2,7-10,15H,6,11-14H2,3H3,(H,24,25). The maximum Gasteiger partial charge on any atom is 0.359 e. The number of carbonyl (C=O) groups excluding carboxylic acids is 1. The van der Waals surface area contributed by atoms with Crippen molar-refractivity contribution in [2.75, 3.05) is 19.7 Å². The maximum absolute atomic E-state index is 12.9. The number of rotatable bonds is 7. The van der Waals surface area contributed by atoms with Gasteiger partial charge in [-0.15, -0.1) is 12.8 Å². The van der Waals surface area contributed by atoms with Crippen molar-refractivity contribution >= 4 is 16.0 Å². The molecular weight excluding hydrogens is 442 g/mol. The fourth-order valence-electron chi connectivity index (χ4n) is 3.81. The highest BCUT2D eigenvalue weighted by Crippen LogP contribution is 2.36. The van der Waals surface area contributed by atoms with Gasteiger partial charge in [-0.1, -0.05) is 11.8 Å². The van der Waals surface area contributed by atoms with Gasteiger partial charge in [0.2, 0.25) is 10.0 Å². The minimum absolute atomic E-state index is 0.0485. The van der Waals surface area contributed by atoms with Crippen molar-refractivity contribution in [3.05, 3.63) is 47.4 Å². The van der Waals surface area contributed by atoms with E-state index in [0.717, 1.165) is 26.8 Å². The number of hydrogen-bond donors (Lipinski definition) is 1. The molecule has 0 radical (unpaired) electrons. The zero-order chi connectivity index (χ0) is 23.6. The van der Waals surface area contributed by atoms with Crippen LogP contribution in [0.4, 0.5) is 0 Å². The van der Waals surface area contributed by atoms with E-state index in [-0.39, 0.29) is 30.3 Å². The minimum Gasteiger partial charge on any atom is -0.461 e. The number of terminal acetylenes is 2. The van der Waals surface area contributed by atoms with E-state index >= 15 is 0 Å². The molecule has 0 fully saturated rings. The summed E-state index contributed by atoms with van der Waals surface area (Å²) in [6.07, 6.45) is 13.6. The molecule has 3 aromatic rings. The summed E-state index contributed by atoms with van der Waals surface area (Å²) in [6, 6.07) is 6.16. The molecule has 33 heavy (non-hydrogen) atoms. The zero-order valence-corrected chi connectivity index (χ0v) is 18.7. The number of esters is 1. The molecule has 0 atom stereocenters. The SMILES string of the molecule is C#CCN(CC#C)S(=O)(=O)c1ccc(-n2nc(C(=O)OCC)c3c2-c2cn[nH]c2CC3)cc1. The lowest BCUT2D eigenvalue weighted by molar-refractivity contribution is 0.0517. The quantitative estimate of drug-likeness (QED) is 0.423. The molecule has 0 unspecified atom stereocenters. The summed E-state index contributed by atoms with van der Waals surface area (Å²) in [5.41, 5.74) is 4.10. The molecule has 0 spiro atoms. The molecule has 1 aromatic carbocycles. The number of nitrogens with zero attached hydrogens (tertiary/aromatic N) is 4. The Morgan fingerprint density at radius 1 is 1.21 bits per heavy atom. The highest BCUT2D eigenvalue weighted by atomic mass is 32.2. The van der Waals surface area contributed by atoms with Crippen LogP contribution in [0.25, 0.3) is 16.9 Å². The number of benzene rings is 1. The van der Waals surface area contributed by atoms with Gasteiger partial charge in [0.05, 0.1) is 42.2 Å². The van der Waals surface area contributed by atoms with Gasteiger partial charge in [0, 0.05) is 16.8 Å². The summed E-state index contributed by atoms with van der Waals surface area (Å²) < 4.78 is 33.7. The number of aryl methyl sites for hydroxylation is 1. The molecule has 168 valence electrons. The Balaban J connectivity index is 1.79. The topological polar surface area (TPSA) is 110 Å². The number of nitrogens with one attached hydrogen (secondary N) is 1. The molecule has 4 rings (SSSR count). The van der Waals surface area contributed by atoms with Crippen LogP contribution in [0.3, 0.4) is 0 Å². The van der Waals surface area contributed by atoms with E-state index < -0.39 is 16.0 Å². The Morgan fingerprint density at radius 3 is 2.55 bits per heavy atom. The van der Waals surface area contributed by atoms with Crippen molar-refractivity contribution in [3.63, 3.8) is 0 Å². The number of carbonyl (C=O) groups is 1.